The predicted molar refractivity (Wildman–Crippen MR) is 228 cm³/mol. The Morgan fingerprint density at radius 2 is 0.965 bits per heavy atom. The van der Waals surface area contributed by atoms with E-state index >= 15 is 0 Å². The number of likely N-dealkylation sites (tertiary alicyclic amines) is 2. The summed E-state index contributed by atoms with van der Waals surface area (Å²) in [6.07, 6.45) is 7.80. The third kappa shape index (κ3) is 8.24. The largest absolute Gasteiger partial charge is 0.366 e. The molecular weight excluding hydrogens is 709 g/mol. The summed E-state index contributed by atoms with van der Waals surface area (Å²) in [7, 11) is 0. The Morgan fingerprint density at radius 1 is 0.561 bits per heavy atom. The van der Waals surface area contributed by atoms with Crippen molar-refractivity contribution in [3.8, 4) is 22.3 Å². The van der Waals surface area contributed by atoms with Gasteiger partial charge in [0.1, 0.15) is 0 Å². The second kappa shape index (κ2) is 17.0. The monoisotopic (exact) mass is 758 g/mol. The van der Waals surface area contributed by atoms with Crippen molar-refractivity contribution in [3.63, 3.8) is 0 Å². The highest BCUT2D eigenvalue weighted by Crippen LogP contribution is 2.34. The molecule has 2 aliphatic heterocycles. The van der Waals surface area contributed by atoms with Gasteiger partial charge in [0.05, 0.1) is 46.6 Å². The van der Waals surface area contributed by atoms with Gasteiger partial charge in [-0.05, 0) is 84.3 Å². The van der Waals surface area contributed by atoms with E-state index in [0.29, 0.717) is 23.2 Å². The number of amides is 2. The summed E-state index contributed by atoms with van der Waals surface area (Å²) in [6.45, 7) is 8.51. The van der Waals surface area contributed by atoms with Crippen LogP contribution in [-0.4, -0.2) is 73.9 Å². The van der Waals surface area contributed by atoms with E-state index in [1.807, 2.05) is 60.7 Å². The Hall–Kier alpha value is -6.10. The number of nitrogens with two attached hydrogens (primary N) is 2. The number of hydrogen-bond donors (Lipinski definition) is 2. The number of carbonyl (C=O) groups excluding carboxylic acids is 2. The molecule has 0 spiro atoms. The summed E-state index contributed by atoms with van der Waals surface area (Å²) in [5.41, 5.74) is 19.9. The van der Waals surface area contributed by atoms with E-state index in [4.69, 9.17) is 16.6 Å². The number of rotatable bonds is 9. The zero-order valence-corrected chi connectivity index (χ0v) is 32.5. The quantitative estimate of drug-likeness (QED) is 0.153. The highest BCUT2D eigenvalue weighted by atomic mass is 16.1. The molecule has 2 fully saturated rings. The summed E-state index contributed by atoms with van der Waals surface area (Å²) in [5, 5.41) is 11.0. The van der Waals surface area contributed by atoms with E-state index in [9.17, 15) is 9.59 Å². The third-order valence-electron chi connectivity index (χ3n) is 11.7. The van der Waals surface area contributed by atoms with Crippen molar-refractivity contribution in [1.82, 2.24) is 29.4 Å². The number of carbonyl (C=O) groups is 2. The topological polar surface area (TPSA) is 128 Å². The molecule has 290 valence electrons. The second-order valence-corrected chi connectivity index (χ2v) is 15.2. The molecule has 0 radical (unpaired) electrons. The molecule has 4 heterocycles. The Morgan fingerprint density at radius 3 is 1.37 bits per heavy atom. The molecule has 57 heavy (non-hydrogen) atoms. The van der Waals surface area contributed by atoms with E-state index < -0.39 is 11.8 Å². The van der Waals surface area contributed by atoms with Gasteiger partial charge in [0.2, 0.25) is 11.8 Å². The van der Waals surface area contributed by atoms with Crippen LogP contribution in [0.1, 0.15) is 71.0 Å². The van der Waals surface area contributed by atoms with Crippen molar-refractivity contribution < 1.29 is 9.59 Å². The van der Waals surface area contributed by atoms with Crippen molar-refractivity contribution in [3.05, 3.63) is 144 Å². The minimum absolute atomic E-state index is 0.316. The molecule has 2 saturated heterocycles. The average Bonchev–Trinajstić information content (AvgIpc) is 3.89. The number of primary amides is 2. The molecule has 10 nitrogen and oxygen atoms in total. The van der Waals surface area contributed by atoms with Crippen LogP contribution in [0.15, 0.2) is 128 Å². The van der Waals surface area contributed by atoms with Gasteiger partial charge < -0.3 is 16.4 Å². The molecule has 0 atom stereocenters. The van der Waals surface area contributed by atoms with Crippen molar-refractivity contribution in [2.75, 3.05) is 32.7 Å². The van der Waals surface area contributed by atoms with Crippen molar-refractivity contribution in [2.24, 2.45) is 11.5 Å². The lowest BCUT2D eigenvalue weighted by atomic mass is 9.99. The zero-order valence-electron chi connectivity index (χ0n) is 32.5. The lowest BCUT2D eigenvalue weighted by Gasteiger charge is -2.32. The number of piperidine rings is 2. The lowest BCUT2D eigenvalue weighted by Crippen LogP contribution is -2.34. The molecular formula is C47H50N8O2. The highest BCUT2D eigenvalue weighted by Gasteiger charge is 2.25. The fraction of sp³-hybridized carbons (Fsp3) is 0.277. The van der Waals surface area contributed by atoms with Crippen LogP contribution in [-0.2, 0) is 6.54 Å². The van der Waals surface area contributed by atoms with Crippen molar-refractivity contribution in [1.29, 1.82) is 0 Å². The van der Waals surface area contributed by atoms with Crippen LogP contribution < -0.4 is 11.5 Å². The summed E-state index contributed by atoms with van der Waals surface area (Å²) in [6, 6.07) is 39.5. The molecule has 0 unspecified atom stereocenters. The molecule has 0 aliphatic carbocycles. The Bertz CT molecular complexity index is 2460. The summed E-state index contributed by atoms with van der Waals surface area (Å²) in [5.74, 6) is -0.826. The van der Waals surface area contributed by atoms with Crippen LogP contribution in [0.3, 0.4) is 0 Å². The number of aromatic nitrogens is 4. The minimum atomic E-state index is -0.417. The first-order chi connectivity index (χ1) is 27.9. The van der Waals surface area contributed by atoms with Crippen LogP contribution in [0.2, 0.25) is 0 Å². The van der Waals surface area contributed by atoms with E-state index in [1.165, 1.54) is 5.56 Å². The molecule has 2 aromatic heterocycles. The minimum Gasteiger partial charge on any atom is -0.366 e. The molecule has 9 rings (SSSR count). The normalized spacial score (nSPS) is 15.7. The smallest absolute Gasteiger partial charge is 0.249 e. The van der Waals surface area contributed by atoms with Gasteiger partial charge in [-0.25, -0.2) is 0 Å². The van der Waals surface area contributed by atoms with Gasteiger partial charge >= 0.3 is 0 Å². The summed E-state index contributed by atoms with van der Waals surface area (Å²) < 4.78 is 4.20. The number of benzene rings is 5. The fourth-order valence-corrected chi connectivity index (χ4v) is 8.52. The van der Waals surface area contributed by atoms with E-state index in [-0.39, 0.29) is 0 Å². The second-order valence-electron chi connectivity index (χ2n) is 15.2. The molecule has 5 aromatic carbocycles. The Kier molecular flexibility index (Phi) is 11.2. The molecule has 10 heteroatoms. The molecule has 2 aliphatic rings. The first-order valence-corrected chi connectivity index (χ1v) is 20.1. The van der Waals surface area contributed by atoms with Gasteiger partial charge in [-0.3, -0.25) is 23.9 Å². The first kappa shape index (κ1) is 37.8. The Labute approximate surface area is 333 Å². The van der Waals surface area contributed by atoms with Gasteiger partial charge in [0.15, 0.2) is 0 Å². The van der Waals surface area contributed by atoms with Crippen LogP contribution in [0.5, 0.6) is 0 Å². The van der Waals surface area contributed by atoms with Gasteiger partial charge in [-0.2, -0.15) is 10.2 Å². The molecule has 7 aromatic rings. The maximum atomic E-state index is 12.2. The van der Waals surface area contributed by atoms with Crippen molar-refractivity contribution in [2.45, 2.75) is 51.2 Å². The molecule has 0 saturated carbocycles. The van der Waals surface area contributed by atoms with Crippen LogP contribution in [0.25, 0.3) is 44.1 Å². The van der Waals surface area contributed by atoms with Crippen LogP contribution >= 0.6 is 0 Å². The highest BCUT2D eigenvalue weighted by molar-refractivity contribution is 6.08. The number of fused-ring (bicyclic) bond motifs is 2. The van der Waals surface area contributed by atoms with E-state index in [1.54, 1.807) is 12.4 Å². The SMILES string of the molecule is CCN1CCC(n2ncc3c(C(N)=O)cc(-c4ccccc4)cc32)CC1.NC(=O)c1cc(-c2ccccc2)cc2c1cnn2C1CCN(Cc2ccccc2)CC1. The fourth-order valence-electron chi connectivity index (χ4n) is 8.52. The van der Waals surface area contributed by atoms with Gasteiger partial charge in [-0.1, -0.05) is 97.9 Å². The van der Waals surface area contributed by atoms with Crippen molar-refractivity contribution >= 4 is 33.6 Å². The maximum absolute atomic E-state index is 12.2. The molecule has 2 amide bonds. The van der Waals surface area contributed by atoms with Gasteiger partial charge in [0.25, 0.3) is 0 Å². The van der Waals surface area contributed by atoms with Gasteiger partial charge in [0, 0.05) is 43.5 Å². The maximum Gasteiger partial charge on any atom is 0.249 e. The Balaban J connectivity index is 0.000000162. The van der Waals surface area contributed by atoms with E-state index in [2.05, 4.69) is 85.8 Å². The first-order valence-electron chi connectivity index (χ1n) is 20.1. The predicted octanol–water partition coefficient (Wildman–Crippen LogP) is 8.10. The van der Waals surface area contributed by atoms with Crippen LogP contribution in [0.4, 0.5) is 0 Å². The summed E-state index contributed by atoms with van der Waals surface area (Å²) in [4.78, 5) is 29.2. The average molecular weight is 759 g/mol. The summed E-state index contributed by atoms with van der Waals surface area (Å²) >= 11 is 0. The zero-order chi connectivity index (χ0) is 39.3. The van der Waals surface area contributed by atoms with E-state index in [0.717, 1.165) is 109 Å². The third-order valence-corrected chi connectivity index (χ3v) is 11.7. The standard InChI is InChI=1S/C26H26N4O.C21H24N4O/c27-26(31)23-15-21(20-9-5-2-6-10-20)16-25-24(23)17-28-30(25)22-11-13-29(14-12-22)18-19-7-3-1-4-8-19;1-2-24-10-8-17(9-11-24)25-20-13-16(15-6-4-3-5-7-15)12-18(21(22)26)19(20)14-23-25/h1-10,15-17,22H,11-14,18H2,(H2,27,31);3-7,12-14,17H,2,8-11H2,1H3,(H2,22,26). The molecule has 0 bridgehead atoms. The van der Waals surface area contributed by atoms with Gasteiger partial charge in [-0.15, -0.1) is 0 Å². The molecule has 4 N–H and O–H groups in total. The number of hydrogen-bond acceptors (Lipinski definition) is 6. The van der Waals surface area contributed by atoms with Crippen LogP contribution in [0, 0.1) is 0 Å². The number of nitrogens with zero attached hydrogens (tertiary/aromatic N) is 6. The lowest BCUT2D eigenvalue weighted by molar-refractivity contribution is 0.0993.